The van der Waals surface area contributed by atoms with E-state index in [1.165, 1.54) is 17.4 Å². The van der Waals surface area contributed by atoms with Crippen molar-refractivity contribution in [3.63, 3.8) is 0 Å². The number of rotatable bonds is 3. The van der Waals surface area contributed by atoms with Gasteiger partial charge < -0.3 is 0 Å². The van der Waals surface area contributed by atoms with Crippen molar-refractivity contribution in [1.29, 1.82) is 0 Å². The fourth-order valence-electron chi connectivity index (χ4n) is 1.87. The number of benzene rings is 2. The Labute approximate surface area is 127 Å². The number of halogens is 2. The molecule has 0 aliphatic carbocycles. The standard InChI is InChI=1S/C15H8F2N2O2S/c16-10-3-2-9(6-11(10)17)14(21)19-15-18-12-4-1-8(7-20)5-13(12)22-15/h1-7H,(H,18,19,21). The van der Waals surface area contributed by atoms with Crippen LogP contribution in [0, 0.1) is 11.6 Å². The molecule has 7 heteroatoms. The number of anilines is 1. The number of fused-ring (bicyclic) bond motifs is 1. The monoisotopic (exact) mass is 318 g/mol. The highest BCUT2D eigenvalue weighted by Crippen LogP contribution is 2.27. The van der Waals surface area contributed by atoms with Gasteiger partial charge in [0.15, 0.2) is 16.8 Å². The number of nitrogens with zero attached hydrogens (tertiary/aromatic N) is 1. The molecular weight excluding hydrogens is 310 g/mol. The zero-order valence-electron chi connectivity index (χ0n) is 11.0. The highest BCUT2D eigenvalue weighted by molar-refractivity contribution is 7.22. The van der Waals surface area contributed by atoms with Crippen molar-refractivity contribution in [2.45, 2.75) is 0 Å². The molecular formula is C15H8F2N2O2S. The van der Waals surface area contributed by atoms with Gasteiger partial charge in [-0.2, -0.15) is 0 Å². The number of hydrogen-bond acceptors (Lipinski definition) is 4. The van der Waals surface area contributed by atoms with E-state index in [1.54, 1.807) is 18.2 Å². The Kier molecular flexibility index (Phi) is 3.64. The summed E-state index contributed by atoms with van der Waals surface area (Å²) < 4.78 is 26.7. The van der Waals surface area contributed by atoms with Crippen LogP contribution in [0.15, 0.2) is 36.4 Å². The Morgan fingerprint density at radius 3 is 2.68 bits per heavy atom. The first-order valence-corrected chi connectivity index (χ1v) is 7.00. The second-order valence-corrected chi connectivity index (χ2v) is 5.48. The molecule has 22 heavy (non-hydrogen) atoms. The molecule has 1 heterocycles. The first kappa shape index (κ1) is 14.3. The number of hydrogen-bond donors (Lipinski definition) is 1. The summed E-state index contributed by atoms with van der Waals surface area (Å²) >= 11 is 1.19. The molecule has 0 fully saturated rings. The highest BCUT2D eigenvalue weighted by Gasteiger charge is 2.12. The van der Waals surface area contributed by atoms with Crippen molar-refractivity contribution in [1.82, 2.24) is 4.98 Å². The zero-order chi connectivity index (χ0) is 15.7. The lowest BCUT2D eigenvalue weighted by Crippen LogP contribution is -2.12. The number of amides is 1. The van der Waals surface area contributed by atoms with Gasteiger partial charge in [-0.05, 0) is 36.4 Å². The Bertz CT molecular complexity index is 892. The van der Waals surface area contributed by atoms with E-state index in [4.69, 9.17) is 0 Å². The Balaban J connectivity index is 1.87. The molecule has 0 spiro atoms. The van der Waals surface area contributed by atoms with Crippen LogP contribution in [0.3, 0.4) is 0 Å². The van der Waals surface area contributed by atoms with E-state index in [-0.39, 0.29) is 5.56 Å². The molecule has 0 saturated heterocycles. The third kappa shape index (κ3) is 2.71. The summed E-state index contributed by atoms with van der Waals surface area (Å²) in [4.78, 5) is 26.9. The van der Waals surface area contributed by atoms with E-state index in [1.807, 2.05) is 0 Å². The number of nitrogens with one attached hydrogen (secondary N) is 1. The molecule has 0 radical (unpaired) electrons. The maximum Gasteiger partial charge on any atom is 0.257 e. The van der Waals surface area contributed by atoms with E-state index < -0.39 is 17.5 Å². The van der Waals surface area contributed by atoms with Gasteiger partial charge in [0, 0.05) is 11.1 Å². The largest absolute Gasteiger partial charge is 0.298 e. The van der Waals surface area contributed by atoms with E-state index in [9.17, 15) is 18.4 Å². The Morgan fingerprint density at radius 2 is 1.95 bits per heavy atom. The number of thiazole rings is 1. The summed E-state index contributed by atoms with van der Waals surface area (Å²) in [6.45, 7) is 0. The van der Waals surface area contributed by atoms with Gasteiger partial charge >= 0.3 is 0 Å². The van der Waals surface area contributed by atoms with Gasteiger partial charge in [0.25, 0.3) is 5.91 Å². The lowest BCUT2D eigenvalue weighted by molar-refractivity contribution is 0.102. The van der Waals surface area contributed by atoms with E-state index >= 15 is 0 Å². The summed E-state index contributed by atoms with van der Waals surface area (Å²) in [6.07, 6.45) is 0.721. The summed E-state index contributed by atoms with van der Waals surface area (Å²) in [7, 11) is 0. The van der Waals surface area contributed by atoms with Crippen LogP contribution in [-0.4, -0.2) is 17.2 Å². The van der Waals surface area contributed by atoms with Gasteiger partial charge in [-0.1, -0.05) is 11.3 Å². The van der Waals surface area contributed by atoms with Crippen molar-refractivity contribution in [2.75, 3.05) is 5.32 Å². The minimum absolute atomic E-state index is 0.00765. The van der Waals surface area contributed by atoms with Crippen LogP contribution < -0.4 is 5.32 Å². The van der Waals surface area contributed by atoms with Crippen LogP contribution in [0.1, 0.15) is 20.7 Å². The SMILES string of the molecule is O=Cc1ccc2nc(NC(=O)c3ccc(F)c(F)c3)sc2c1. The molecule has 0 aliphatic heterocycles. The quantitative estimate of drug-likeness (QED) is 0.750. The topological polar surface area (TPSA) is 59.1 Å². The van der Waals surface area contributed by atoms with Gasteiger partial charge in [0.1, 0.15) is 6.29 Å². The first-order chi connectivity index (χ1) is 10.6. The zero-order valence-corrected chi connectivity index (χ0v) is 11.8. The third-order valence-electron chi connectivity index (χ3n) is 2.95. The maximum atomic E-state index is 13.1. The van der Waals surface area contributed by atoms with Crippen molar-refractivity contribution >= 4 is 38.9 Å². The fraction of sp³-hybridized carbons (Fsp3) is 0. The molecule has 3 rings (SSSR count). The Hall–Kier alpha value is -2.67. The average molecular weight is 318 g/mol. The van der Waals surface area contributed by atoms with Crippen LogP contribution in [-0.2, 0) is 0 Å². The van der Waals surface area contributed by atoms with Gasteiger partial charge in [0.2, 0.25) is 0 Å². The second-order valence-electron chi connectivity index (χ2n) is 4.45. The van der Waals surface area contributed by atoms with Crippen LogP contribution in [0.5, 0.6) is 0 Å². The molecule has 4 nitrogen and oxygen atoms in total. The van der Waals surface area contributed by atoms with Crippen LogP contribution >= 0.6 is 11.3 Å². The molecule has 1 amide bonds. The van der Waals surface area contributed by atoms with Crippen LogP contribution in [0.4, 0.5) is 13.9 Å². The minimum atomic E-state index is -1.09. The molecule has 0 atom stereocenters. The van der Waals surface area contributed by atoms with Gasteiger partial charge in [-0.3, -0.25) is 14.9 Å². The lowest BCUT2D eigenvalue weighted by atomic mass is 10.2. The number of aldehydes is 1. The summed E-state index contributed by atoms with van der Waals surface area (Å²) in [5.41, 5.74) is 1.14. The van der Waals surface area contributed by atoms with Gasteiger partial charge in [-0.15, -0.1) is 0 Å². The second kappa shape index (κ2) is 5.61. The summed E-state index contributed by atoms with van der Waals surface area (Å²) in [6, 6.07) is 7.85. The molecule has 110 valence electrons. The Morgan fingerprint density at radius 1 is 1.14 bits per heavy atom. The smallest absolute Gasteiger partial charge is 0.257 e. The lowest BCUT2D eigenvalue weighted by Gasteiger charge is -2.01. The van der Waals surface area contributed by atoms with Crippen LogP contribution in [0.25, 0.3) is 10.2 Å². The maximum absolute atomic E-state index is 13.1. The van der Waals surface area contributed by atoms with Crippen LogP contribution in [0.2, 0.25) is 0 Å². The third-order valence-corrected chi connectivity index (χ3v) is 3.88. The van der Waals surface area contributed by atoms with Crippen molar-refractivity contribution in [3.05, 3.63) is 59.2 Å². The highest BCUT2D eigenvalue weighted by atomic mass is 32.1. The summed E-state index contributed by atoms with van der Waals surface area (Å²) in [5, 5.41) is 2.84. The van der Waals surface area contributed by atoms with Gasteiger partial charge in [-0.25, -0.2) is 13.8 Å². The van der Waals surface area contributed by atoms with Gasteiger partial charge in [0.05, 0.1) is 10.2 Å². The molecule has 1 N–H and O–H groups in total. The average Bonchev–Trinajstić information content (AvgIpc) is 2.90. The molecule has 2 aromatic carbocycles. The van der Waals surface area contributed by atoms with E-state index in [0.717, 1.165) is 23.1 Å². The van der Waals surface area contributed by atoms with E-state index in [2.05, 4.69) is 10.3 Å². The van der Waals surface area contributed by atoms with Crippen molar-refractivity contribution in [2.24, 2.45) is 0 Å². The number of carbonyl (C=O) groups excluding carboxylic acids is 2. The molecule has 0 aliphatic rings. The summed E-state index contributed by atoms with van der Waals surface area (Å²) in [5.74, 6) is -2.70. The predicted molar refractivity (Wildman–Crippen MR) is 79.3 cm³/mol. The minimum Gasteiger partial charge on any atom is -0.298 e. The normalized spacial score (nSPS) is 10.6. The molecule has 0 bridgehead atoms. The van der Waals surface area contributed by atoms with Crippen molar-refractivity contribution in [3.8, 4) is 0 Å². The molecule has 3 aromatic rings. The molecule has 0 saturated carbocycles. The van der Waals surface area contributed by atoms with E-state index in [0.29, 0.717) is 16.2 Å². The fourth-order valence-corrected chi connectivity index (χ4v) is 2.78. The molecule has 0 unspecified atom stereocenters. The predicted octanol–water partition coefficient (Wildman–Crippen LogP) is 3.64. The first-order valence-electron chi connectivity index (χ1n) is 6.19. The van der Waals surface area contributed by atoms with Crippen molar-refractivity contribution < 1.29 is 18.4 Å². The number of aromatic nitrogens is 1. The molecule has 1 aromatic heterocycles. The number of carbonyl (C=O) groups is 2.